The lowest BCUT2D eigenvalue weighted by atomic mass is 10.0. The van der Waals surface area contributed by atoms with Crippen LogP contribution in [0.5, 0.6) is 0 Å². The van der Waals surface area contributed by atoms with Gasteiger partial charge in [-0.1, -0.05) is 36.4 Å². The standard InChI is InChI=1S/C24H26N4O2/c1-17-7-3-5-9-20(17)23(29)26-22-11-14-25-28(22)19-12-15-27(16-13-19)24(30)21-10-6-4-8-18(21)2/h3-11,14,19H,12-13,15-16H2,1-2H3,(H,26,29). The summed E-state index contributed by atoms with van der Waals surface area (Å²) in [4.78, 5) is 27.5. The van der Waals surface area contributed by atoms with Crippen molar-refractivity contribution in [3.63, 3.8) is 0 Å². The number of aryl methyl sites for hydroxylation is 2. The molecular weight excluding hydrogens is 376 g/mol. The molecule has 3 aromatic rings. The molecule has 2 aromatic carbocycles. The number of aromatic nitrogens is 2. The number of carbonyl (C=O) groups excluding carboxylic acids is 2. The van der Waals surface area contributed by atoms with Crippen molar-refractivity contribution >= 4 is 17.6 Å². The molecule has 2 heterocycles. The summed E-state index contributed by atoms with van der Waals surface area (Å²) in [6, 6.07) is 17.2. The molecule has 0 aliphatic carbocycles. The lowest BCUT2D eigenvalue weighted by molar-refractivity contribution is 0.0690. The highest BCUT2D eigenvalue weighted by Gasteiger charge is 2.27. The van der Waals surface area contributed by atoms with Crippen molar-refractivity contribution in [3.05, 3.63) is 83.0 Å². The second-order valence-corrected chi connectivity index (χ2v) is 7.77. The van der Waals surface area contributed by atoms with E-state index in [0.717, 1.165) is 29.5 Å². The van der Waals surface area contributed by atoms with Crippen LogP contribution in [0.2, 0.25) is 0 Å². The van der Waals surface area contributed by atoms with Gasteiger partial charge in [0.05, 0.1) is 12.2 Å². The van der Waals surface area contributed by atoms with Gasteiger partial charge in [-0.05, 0) is 49.9 Å². The average Bonchev–Trinajstić information content (AvgIpc) is 3.22. The van der Waals surface area contributed by atoms with Crippen molar-refractivity contribution in [2.24, 2.45) is 0 Å². The molecule has 6 heteroatoms. The van der Waals surface area contributed by atoms with Crippen LogP contribution < -0.4 is 5.32 Å². The van der Waals surface area contributed by atoms with Gasteiger partial charge in [0, 0.05) is 30.3 Å². The summed E-state index contributed by atoms with van der Waals surface area (Å²) in [7, 11) is 0. The van der Waals surface area contributed by atoms with E-state index in [-0.39, 0.29) is 17.9 Å². The van der Waals surface area contributed by atoms with Crippen molar-refractivity contribution in [3.8, 4) is 0 Å². The number of likely N-dealkylation sites (tertiary alicyclic amines) is 1. The van der Waals surface area contributed by atoms with Crippen molar-refractivity contribution < 1.29 is 9.59 Å². The topological polar surface area (TPSA) is 67.2 Å². The van der Waals surface area contributed by atoms with E-state index in [1.165, 1.54) is 0 Å². The fourth-order valence-corrected chi connectivity index (χ4v) is 4.01. The normalized spacial score (nSPS) is 14.5. The van der Waals surface area contributed by atoms with Gasteiger partial charge in [0.1, 0.15) is 5.82 Å². The Hall–Kier alpha value is -3.41. The monoisotopic (exact) mass is 402 g/mol. The minimum atomic E-state index is -0.137. The zero-order chi connectivity index (χ0) is 21.1. The third kappa shape index (κ3) is 3.99. The number of amides is 2. The molecule has 1 N–H and O–H groups in total. The number of nitrogens with zero attached hydrogens (tertiary/aromatic N) is 3. The fraction of sp³-hybridized carbons (Fsp3) is 0.292. The summed E-state index contributed by atoms with van der Waals surface area (Å²) in [5.74, 6) is 0.633. The van der Waals surface area contributed by atoms with E-state index < -0.39 is 0 Å². The Morgan fingerprint density at radius 1 is 0.900 bits per heavy atom. The van der Waals surface area contributed by atoms with Crippen molar-refractivity contribution in [1.29, 1.82) is 0 Å². The number of nitrogens with one attached hydrogen (secondary N) is 1. The summed E-state index contributed by atoms with van der Waals surface area (Å²) in [5, 5.41) is 7.44. The predicted molar refractivity (Wildman–Crippen MR) is 117 cm³/mol. The molecule has 0 spiro atoms. The molecule has 154 valence electrons. The Labute approximate surface area is 176 Å². The van der Waals surface area contributed by atoms with Crippen LogP contribution in [-0.4, -0.2) is 39.6 Å². The van der Waals surface area contributed by atoms with Gasteiger partial charge in [-0.15, -0.1) is 0 Å². The van der Waals surface area contributed by atoms with Gasteiger partial charge in [-0.25, -0.2) is 4.68 Å². The first-order valence-electron chi connectivity index (χ1n) is 10.3. The van der Waals surface area contributed by atoms with Gasteiger partial charge in [0.2, 0.25) is 0 Å². The van der Waals surface area contributed by atoms with Crippen LogP contribution in [0.25, 0.3) is 0 Å². The molecule has 1 aliphatic heterocycles. The third-order valence-corrected chi connectivity index (χ3v) is 5.77. The van der Waals surface area contributed by atoms with Crippen LogP contribution in [0.3, 0.4) is 0 Å². The Morgan fingerprint density at radius 3 is 2.13 bits per heavy atom. The first kappa shape index (κ1) is 19.9. The zero-order valence-corrected chi connectivity index (χ0v) is 17.3. The Bertz CT molecular complexity index is 1060. The van der Waals surface area contributed by atoms with E-state index in [9.17, 15) is 9.59 Å². The van der Waals surface area contributed by atoms with E-state index >= 15 is 0 Å². The molecule has 2 amide bonds. The molecule has 1 aliphatic rings. The first-order valence-corrected chi connectivity index (χ1v) is 10.3. The summed E-state index contributed by atoms with van der Waals surface area (Å²) < 4.78 is 1.88. The van der Waals surface area contributed by atoms with Gasteiger partial charge in [0.25, 0.3) is 11.8 Å². The maximum absolute atomic E-state index is 12.9. The van der Waals surface area contributed by atoms with Crippen LogP contribution in [0.1, 0.15) is 50.7 Å². The Kier molecular flexibility index (Phi) is 5.65. The molecule has 0 atom stereocenters. The van der Waals surface area contributed by atoms with Crippen LogP contribution in [0.4, 0.5) is 5.82 Å². The number of hydrogen-bond donors (Lipinski definition) is 1. The smallest absolute Gasteiger partial charge is 0.257 e. The highest BCUT2D eigenvalue weighted by molar-refractivity contribution is 6.04. The number of piperidine rings is 1. The maximum atomic E-state index is 12.9. The largest absolute Gasteiger partial charge is 0.338 e. The molecular formula is C24H26N4O2. The number of benzene rings is 2. The van der Waals surface area contributed by atoms with E-state index in [2.05, 4.69) is 10.4 Å². The van der Waals surface area contributed by atoms with Crippen molar-refractivity contribution in [2.45, 2.75) is 32.7 Å². The quantitative estimate of drug-likeness (QED) is 0.710. The summed E-state index contributed by atoms with van der Waals surface area (Å²) in [6.45, 7) is 5.23. The summed E-state index contributed by atoms with van der Waals surface area (Å²) >= 11 is 0. The second kappa shape index (κ2) is 8.53. The van der Waals surface area contributed by atoms with Gasteiger partial charge in [-0.3, -0.25) is 9.59 Å². The van der Waals surface area contributed by atoms with Crippen molar-refractivity contribution in [1.82, 2.24) is 14.7 Å². The SMILES string of the molecule is Cc1ccccc1C(=O)Nc1ccnn1C1CCN(C(=O)c2ccccc2C)CC1. The van der Waals surface area contributed by atoms with Crippen LogP contribution >= 0.6 is 0 Å². The van der Waals surface area contributed by atoms with Crippen LogP contribution in [-0.2, 0) is 0 Å². The van der Waals surface area contributed by atoms with Crippen molar-refractivity contribution in [2.75, 3.05) is 18.4 Å². The second-order valence-electron chi connectivity index (χ2n) is 7.77. The minimum Gasteiger partial charge on any atom is -0.338 e. The fourth-order valence-electron chi connectivity index (χ4n) is 4.01. The van der Waals surface area contributed by atoms with E-state index in [0.29, 0.717) is 24.5 Å². The Morgan fingerprint density at radius 2 is 1.50 bits per heavy atom. The van der Waals surface area contributed by atoms with Gasteiger partial charge in [0.15, 0.2) is 0 Å². The maximum Gasteiger partial charge on any atom is 0.257 e. The molecule has 1 saturated heterocycles. The molecule has 1 aromatic heterocycles. The molecule has 1 fully saturated rings. The zero-order valence-electron chi connectivity index (χ0n) is 17.3. The van der Waals surface area contributed by atoms with E-state index in [1.54, 1.807) is 6.20 Å². The molecule has 4 rings (SSSR count). The molecule has 0 radical (unpaired) electrons. The van der Waals surface area contributed by atoms with E-state index in [4.69, 9.17) is 0 Å². The minimum absolute atomic E-state index is 0.0834. The molecule has 0 saturated carbocycles. The van der Waals surface area contributed by atoms with Crippen LogP contribution in [0, 0.1) is 13.8 Å². The summed E-state index contributed by atoms with van der Waals surface area (Å²) in [5.41, 5.74) is 3.35. The number of rotatable bonds is 4. The molecule has 6 nitrogen and oxygen atoms in total. The van der Waals surface area contributed by atoms with Gasteiger partial charge in [-0.2, -0.15) is 5.10 Å². The number of hydrogen-bond acceptors (Lipinski definition) is 3. The average molecular weight is 402 g/mol. The first-order chi connectivity index (χ1) is 14.5. The molecule has 30 heavy (non-hydrogen) atoms. The van der Waals surface area contributed by atoms with Crippen LogP contribution in [0.15, 0.2) is 60.8 Å². The Balaban J connectivity index is 1.42. The molecule has 0 unspecified atom stereocenters. The van der Waals surface area contributed by atoms with E-state index in [1.807, 2.05) is 78.0 Å². The predicted octanol–water partition coefficient (Wildman–Crippen LogP) is 4.23. The molecule has 0 bridgehead atoms. The third-order valence-electron chi connectivity index (χ3n) is 5.77. The highest BCUT2D eigenvalue weighted by Crippen LogP contribution is 2.27. The number of anilines is 1. The summed E-state index contributed by atoms with van der Waals surface area (Å²) in [6.07, 6.45) is 3.30. The lowest BCUT2D eigenvalue weighted by Gasteiger charge is -2.33. The van der Waals surface area contributed by atoms with Gasteiger partial charge < -0.3 is 10.2 Å². The lowest BCUT2D eigenvalue weighted by Crippen LogP contribution is -2.39. The number of carbonyl (C=O) groups is 2. The van der Waals surface area contributed by atoms with Gasteiger partial charge >= 0.3 is 0 Å². The highest BCUT2D eigenvalue weighted by atomic mass is 16.2.